The van der Waals surface area contributed by atoms with E-state index in [-0.39, 0.29) is 35.5 Å². The molecule has 10 heteroatoms. The smallest absolute Gasteiger partial charge is 0.263 e. The van der Waals surface area contributed by atoms with Crippen LogP contribution in [0.3, 0.4) is 0 Å². The van der Waals surface area contributed by atoms with Gasteiger partial charge in [-0.1, -0.05) is 12.1 Å². The molecule has 2 heterocycles. The summed E-state index contributed by atoms with van der Waals surface area (Å²) in [6.07, 6.45) is 1.56. The van der Waals surface area contributed by atoms with E-state index < -0.39 is 15.9 Å². The zero-order valence-electron chi connectivity index (χ0n) is 18.7. The molecule has 3 aromatic rings. The van der Waals surface area contributed by atoms with Gasteiger partial charge in [-0.05, 0) is 61.0 Å². The first kappa shape index (κ1) is 23.2. The molecule has 1 aliphatic rings. The van der Waals surface area contributed by atoms with Crippen molar-refractivity contribution in [2.75, 3.05) is 28.6 Å². The number of amides is 2. The maximum atomic E-state index is 12.8. The van der Waals surface area contributed by atoms with E-state index in [0.717, 1.165) is 5.56 Å². The summed E-state index contributed by atoms with van der Waals surface area (Å²) in [7, 11) is -2.28. The van der Waals surface area contributed by atoms with Gasteiger partial charge in [0.15, 0.2) is 0 Å². The van der Waals surface area contributed by atoms with Crippen molar-refractivity contribution in [2.24, 2.45) is 5.92 Å². The van der Waals surface area contributed by atoms with Crippen LogP contribution in [0.15, 0.2) is 71.8 Å². The molecule has 1 atom stereocenters. The van der Waals surface area contributed by atoms with Crippen molar-refractivity contribution in [3.05, 3.63) is 72.4 Å². The number of anilines is 3. The first-order valence-electron chi connectivity index (χ1n) is 10.6. The van der Waals surface area contributed by atoms with Gasteiger partial charge in [-0.3, -0.25) is 14.3 Å². The lowest BCUT2D eigenvalue weighted by Crippen LogP contribution is -2.28. The van der Waals surface area contributed by atoms with Gasteiger partial charge in [0.25, 0.3) is 10.0 Å². The van der Waals surface area contributed by atoms with Crippen LogP contribution in [0.5, 0.6) is 5.75 Å². The fraction of sp³-hybridized carbons (Fsp3) is 0.208. The van der Waals surface area contributed by atoms with Gasteiger partial charge in [-0.15, -0.1) is 0 Å². The molecule has 0 bridgehead atoms. The third kappa shape index (κ3) is 5.01. The van der Waals surface area contributed by atoms with E-state index in [0.29, 0.717) is 17.1 Å². The van der Waals surface area contributed by atoms with Crippen molar-refractivity contribution in [3.63, 3.8) is 0 Å². The van der Waals surface area contributed by atoms with Gasteiger partial charge in [0.1, 0.15) is 11.6 Å². The molecule has 1 aromatic heterocycles. The van der Waals surface area contributed by atoms with Crippen LogP contribution in [0, 0.1) is 12.8 Å². The van der Waals surface area contributed by atoms with Gasteiger partial charge < -0.3 is 15.0 Å². The summed E-state index contributed by atoms with van der Waals surface area (Å²) < 4.78 is 32.8. The second-order valence-electron chi connectivity index (χ2n) is 7.91. The molecule has 0 radical (unpaired) electrons. The van der Waals surface area contributed by atoms with E-state index in [2.05, 4.69) is 15.0 Å². The van der Waals surface area contributed by atoms with Gasteiger partial charge in [0.2, 0.25) is 11.8 Å². The molecular weight excluding hydrogens is 456 g/mol. The maximum Gasteiger partial charge on any atom is 0.263 e. The van der Waals surface area contributed by atoms with Gasteiger partial charge in [-0.25, -0.2) is 13.4 Å². The number of methoxy groups -OCH3 is 1. The minimum absolute atomic E-state index is 0.0323. The molecule has 176 valence electrons. The number of nitrogens with one attached hydrogen (secondary N) is 2. The summed E-state index contributed by atoms with van der Waals surface area (Å²) in [5, 5.41) is 2.77. The Balaban J connectivity index is 1.42. The lowest BCUT2D eigenvalue weighted by molar-refractivity contribution is -0.122. The third-order valence-corrected chi connectivity index (χ3v) is 6.83. The van der Waals surface area contributed by atoms with Crippen LogP contribution < -0.4 is 19.7 Å². The SMILES string of the molecule is COc1ccc(C)cc1N1CC(C(=O)Nc2ccc(S(=O)(=O)Nc3ccccn3)cc2)CC1=O. The molecular formula is C24H24N4O5S. The molecule has 34 heavy (non-hydrogen) atoms. The van der Waals surface area contributed by atoms with Gasteiger partial charge in [0, 0.05) is 24.8 Å². The summed E-state index contributed by atoms with van der Waals surface area (Å²) in [6.45, 7) is 2.15. The van der Waals surface area contributed by atoms with Crippen molar-refractivity contribution in [1.82, 2.24) is 4.98 Å². The number of hydrogen-bond donors (Lipinski definition) is 2. The average Bonchev–Trinajstić information content (AvgIpc) is 3.21. The molecule has 2 N–H and O–H groups in total. The molecule has 9 nitrogen and oxygen atoms in total. The van der Waals surface area contributed by atoms with Crippen molar-refractivity contribution < 1.29 is 22.7 Å². The topological polar surface area (TPSA) is 118 Å². The summed E-state index contributed by atoms with van der Waals surface area (Å²) in [6, 6.07) is 16.2. The summed E-state index contributed by atoms with van der Waals surface area (Å²) in [5.74, 6) is -0.251. The minimum atomic E-state index is -3.82. The number of sulfonamides is 1. The lowest BCUT2D eigenvalue weighted by atomic mass is 10.1. The van der Waals surface area contributed by atoms with E-state index >= 15 is 0 Å². The Bertz CT molecular complexity index is 1310. The van der Waals surface area contributed by atoms with Gasteiger partial charge in [-0.2, -0.15) is 0 Å². The highest BCUT2D eigenvalue weighted by molar-refractivity contribution is 7.92. The first-order valence-corrected chi connectivity index (χ1v) is 12.0. The minimum Gasteiger partial charge on any atom is -0.495 e. The fourth-order valence-corrected chi connectivity index (χ4v) is 4.72. The molecule has 1 saturated heterocycles. The van der Waals surface area contributed by atoms with Crippen LogP contribution in [0.25, 0.3) is 0 Å². The zero-order valence-corrected chi connectivity index (χ0v) is 19.5. The third-order valence-electron chi connectivity index (χ3n) is 5.46. The van der Waals surface area contributed by atoms with Gasteiger partial charge in [0.05, 0.1) is 23.6 Å². The highest BCUT2D eigenvalue weighted by Crippen LogP contribution is 2.34. The Morgan fingerprint density at radius 3 is 2.56 bits per heavy atom. The molecule has 2 aromatic carbocycles. The van der Waals surface area contributed by atoms with Crippen molar-refractivity contribution in [2.45, 2.75) is 18.2 Å². The number of benzene rings is 2. The predicted octanol–water partition coefficient (Wildman–Crippen LogP) is 3.19. The van der Waals surface area contributed by atoms with Gasteiger partial charge >= 0.3 is 0 Å². The monoisotopic (exact) mass is 480 g/mol. The summed E-state index contributed by atoms with van der Waals surface area (Å²) >= 11 is 0. The predicted molar refractivity (Wildman–Crippen MR) is 128 cm³/mol. The van der Waals surface area contributed by atoms with Crippen LogP contribution in [0.4, 0.5) is 17.2 Å². The zero-order chi connectivity index (χ0) is 24.3. The number of carbonyl (C=O) groups excluding carboxylic acids is 2. The second kappa shape index (κ2) is 9.52. The molecule has 1 unspecified atom stereocenters. The normalized spacial score (nSPS) is 15.8. The largest absolute Gasteiger partial charge is 0.495 e. The molecule has 0 saturated carbocycles. The molecule has 4 rings (SSSR count). The number of nitrogens with zero attached hydrogens (tertiary/aromatic N) is 2. The second-order valence-corrected chi connectivity index (χ2v) is 9.60. The van der Waals surface area contributed by atoms with Crippen molar-refractivity contribution >= 4 is 39.0 Å². The van der Waals surface area contributed by atoms with E-state index in [4.69, 9.17) is 4.74 Å². The average molecular weight is 481 g/mol. The number of hydrogen-bond acceptors (Lipinski definition) is 6. The van der Waals surface area contributed by atoms with E-state index in [1.54, 1.807) is 29.2 Å². The molecule has 0 aliphatic carbocycles. The Kier molecular flexibility index (Phi) is 6.51. The Labute approximate surface area is 197 Å². The number of aromatic nitrogens is 1. The summed E-state index contributed by atoms with van der Waals surface area (Å²) in [4.78, 5) is 31.0. The van der Waals surface area contributed by atoms with E-state index in [1.807, 2.05) is 19.1 Å². The van der Waals surface area contributed by atoms with Crippen molar-refractivity contribution in [1.29, 1.82) is 0 Å². The highest BCUT2D eigenvalue weighted by Gasteiger charge is 2.36. The number of carbonyl (C=O) groups is 2. The number of aryl methyl sites for hydroxylation is 1. The Morgan fingerprint density at radius 1 is 1.12 bits per heavy atom. The molecule has 1 aliphatic heterocycles. The summed E-state index contributed by atoms with van der Waals surface area (Å²) in [5.41, 5.74) is 2.04. The molecule has 2 amide bonds. The highest BCUT2D eigenvalue weighted by atomic mass is 32.2. The fourth-order valence-electron chi connectivity index (χ4n) is 3.71. The van der Waals surface area contributed by atoms with Crippen LogP contribution in [0.1, 0.15) is 12.0 Å². The number of rotatable bonds is 7. The van der Waals surface area contributed by atoms with Crippen LogP contribution in [-0.4, -0.2) is 38.9 Å². The van der Waals surface area contributed by atoms with E-state index in [1.165, 1.54) is 37.6 Å². The quantitative estimate of drug-likeness (QED) is 0.536. The van der Waals surface area contributed by atoms with Crippen molar-refractivity contribution in [3.8, 4) is 5.75 Å². The lowest BCUT2D eigenvalue weighted by Gasteiger charge is -2.20. The van der Waals surface area contributed by atoms with E-state index in [9.17, 15) is 18.0 Å². The Hall–Kier alpha value is -3.92. The molecule has 1 fully saturated rings. The van der Waals surface area contributed by atoms with Crippen LogP contribution >= 0.6 is 0 Å². The van der Waals surface area contributed by atoms with Crippen LogP contribution in [0.2, 0.25) is 0 Å². The standard InChI is InChI=1S/C24H24N4O5S/c1-16-6-11-21(33-2)20(13-16)28-15-17(14-23(28)29)24(30)26-18-7-9-19(10-8-18)34(31,32)27-22-5-3-4-12-25-22/h3-13,17H,14-15H2,1-2H3,(H,25,27)(H,26,30). The first-order chi connectivity index (χ1) is 16.3. The van der Waals surface area contributed by atoms with Crippen LogP contribution in [-0.2, 0) is 19.6 Å². The maximum absolute atomic E-state index is 12.8. The molecule has 0 spiro atoms. The Morgan fingerprint density at radius 2 is 1.88 bits per heavy atom. The number of ether oxygens (including phenoxy) is 1. The number of pyridine rings is 1.